The summed E-state index contributed by atoms with van der Waals surface area (Å²) in [5.74, 6) is 1.41. The first-order valence-corrected chi connectivity index (χ1v) is 8.51. The molecule has 0 radical (unpaired) electrons. The molecule has 2 aromatic rings. The van der Waals surface area contributed by atoms with E-state index in [2.05, 4.69) is 20.2 Å². The van der Waals surface area contributed by atoms with Crippen molar-refractivity contribution >= 4 is 11.7 Å². The summed E-state index contributed by atoms with van der Waals surface area (Å²) in [7, 11) is 0. The van der Waals surface area contributed by atoms with Crippen LogP contribution in [0.15, 0.2) is 42.9 Å². The number of nitrogens with zero attached hydrogens (tertiary/aromatic N) is 3. The number of rotatable bonds is 6. The second-order valence-corrected chi connectivity index (χ2v) is 5.99. The average Bonchev–Trinajstić information content (AvgIpc) is 2.67. The summed E-state index contributed by atoms with van der Waals surface area (Å²) in [4.78, 5) is 23.2. The van der Waals surface area contributed by atoms with Crippen LogP contribution in [0.1, 0.15) is 23.2 Å². The summed E-state index contributed by atoms with van der Waals surface area (Å²) in [5, 5.41) is 3.11. The van der Waals surface area contributed by atoms with Crippen LogP contribution in [0.5, 0.6) is 5.75 Å². The van der Waals surface area contributed by atoms with Crippen LogP contribution in [0, 0.1) is 0 Å². The van der Waals surface area contributed by atoms with Gasteiger partial charge in [0.05, 0.1) is 6.20 Å². The Hall–Kier alpha value is -2.67. The fraction of sp³-hybridized carbons (Fsp3) is 0.389. The van der Waals surface area contributed by atoms with Crippen molar-refractivity contribution in [2.24, 2.45) is 5.73 Å². The summed E-state index contributed by atoms with van der Waals surface area (Å²) in [6.45, 7) is 2.53. The number of ether oxygens (including phenoxy) is 1. The van der Waals surface area contributed by atoms with Gasteiger partial charge in [0.2, 0.25) is 0 Å². The molecule has 7 nitrogen and oxygen atoms in total. The van der Waals surface area contributed by atoms with Gasteiger partial charge in [0, 0.05) is 43.6 Å². The van der Waals surface area contributed by atoms with E-state index in [0.29, 0.717) is 24.5 Å². The second-order valence-electron chi connectivity index (χ2n) is 5.99. The Kier molecular flexibility index (Phi) is 5.79. The van der Waals surface area contributed by atoms with Gasteiger partial charge in [-0.2, -0.15) is 0 Å². The van der Waals surface area contributed by atoms with E-state index in [-0.39, 0.29) is 11.9 Å². The van der Waals surface area contributed by atoms with Crippen molar-refractivity contribution in [3.05, 3.63) is 48.4 Å². The first-order chi connectivity index (χ1) is 12.3. The normalized spacial score (nSPS) is 17.2. The average molecular weight is 341 g/mol. The van der Waals surface area contributed by atoms with Crippen molar-refractivity contribution < 1.29 is 9.53 Å². The predicted octanol–water partition coefficient (Wildman–Crippen LogP) is 1.21. The standard InChI is InChI=1S/C18H23N5O2/c19-6-10-25-16-5-1-3-14(11-16)18(24)22-15-4-2-9-23(13-15)17-12-20-7-8-21-17/h1,3,5,7-8,11-12,15H,2,4,6,9-10,13,19H2,(H,22,24)/t15-/m1/s1. The Morgan fingerprint density at radius 2 is 2.32 bits per heavy atom. The van der Waals surface area contributed by atoms with Gasteiger partial charge in [-0.1, -0.05) is 6.07 Å². The molecule has 0 saturated carbocycles. The van der Waals surface area contributed by atoms with E-state index in [1.54, 1.807) is 30.7 Å². The van der Waals surface area contributed by atoms with Gasteiger partial charge in [-0.3, -0.25) is 9.78 Å². The third kappa shape index (κ3) is 4.67. The Balaban J connectivity index is 1.60. The third-order valence-electron chi connectivity index (χ3n) is 4.11. The Morgan fingerprint density at radius 3 is 3.12 bits per heavy atom. The van der Waals surface area contributed by atoms with Gasteiger partial charge in [0.25, 0.3) is 5.91 Å². The van der Waals surface area contributed by atoms with E-state index in [4.69, 9.17) is 10.5 Å². The maximum Gasteiger partial charge on any atom is 0.251 e. The molecule has 0 aliphatic carbocycles. The van der Waals surface area contributed by atoms with Crippen molar-refractivity contribution in [1.82, 2.24) is 15.3 Å². The number of hydrogen-bond donors (Lipinski definition) is 2. The molecule has 0 unspecified atom stereocenters. The molecular weight excluding hydrogens is 318 g/mol. The Morgan fingerprint density at radius 1 is 1.40 bits per heavy atom. The number of nitrogens with two attached hydrogens (primary N) is 1. The molecule has 2 heterocycles. The molecule has 3 N–H and O–H groups in total. The number of piperidine rings is 1. The van der Waals surface area contributed by atoms with Crippen LogP contribution in [-0.2, 0) is 0 Å². The lowest BCUT2D eigenvalue weighted by atomic mass is 10.0. The molecule has 1 fully saturated rings. The maximum atomic E-state index is 12.5. The Labute approximate surface area is 147 Å². The van der Waals surface area contributed by atoms with Gasteiger partial charge in [0.1, 0.15) is 18.2 Å². The molecule has 0 spiro atoms. The van der Waals surface area contributed by atoms with Gasteiger partial charge in [-0.15, -0.1) is 0 Å². The number of nitrogens with one attached hydrogen (secondary N) is 1. The van der Waals surface area contributed by atoms with Crippen LogP contribution in [0.4, 0.5) is 5.82 Å². The van der Waals surface area contributed by atoms with Crippen molar-refractivity contribution in [2.75, 3.05) is 31.1 Å². The number of carbonyl (C=O) groups excluding carboxylic acids is 1. The molecular formula is C18H23N5O2. The number of benzene rings is 1. The number of anilines is 1. The zero-order valence-electron chi connectivity index (χ0n) is 14.1. The molecule has 1 atom stereocenters. The lowest BCUT2D eigenvalue weighted by Crippen LogP contribution is -2.48. The smallest absolute Gasteiger partial charge is 0.251 e. The van der Waals surface area contributed by atoms with Crippen molar-refractivity contribution in [3.8, 4) is 5.75 Å². The van der Waals surface area contributed by atoms with E-state index >= 15 is 0 Å². The lowest BCUT2D eigenvalue weighted by molar-refractivity contribution is 0.0932. The fourth-order valence-corrected chi connectivity index (χ4v) is 2.93. The molecule has 132 valence electrons. The summed E-state index contributed by atoms with van der Waals surface area (Å²) >= 11 is 0. The van der Waals surface area contributed by atoms with Crippen LogP contribution in [0.3, 0.4) is 0 Å². The molecule has 1 aromatic heterocycles. The largest absolute Gasteiger partial charge is 0.492 e. The lowest BCUT2D eigenvalue weighted by Gasteiger charge is -2.33. The van der Waals surface area contributed by atoms with Crippen LogP contribution in [-0.4, -0.2) is 48.2 Å². The van der Waals surface area contributed by atoms with Gasteiger partial charge < -0.3 is 20.7 Å². The van der Waals surface area contributed by atoms with Gasteiger partial charge in [-0.05, 0) is 31.0 Å². The zero-order chi connectivity index (χ0) is 17.5. The second kappa shape index (κ2) is 8.43. The van der Waals surface area contributed by atoms with Crippen LogP contribution in [0.25, 0.3) is 0 Å². The molecule has 1 aliphatic heterocycles. The third-order valence-corrected chi connectivity index (χ3v) is 4.11. The molecule has 1 aromatic carbocycles. The minimum absolute atomic E-state index is 0.0804. The number of hydrogen-bond acceptors (Lipinski definition) is 6. The van der Waals surface area contributed by atoms with Crippen LogP contribution in [0.2, 0.25) is 0 Å². The molecule has 25 heavy (non-hydrogen) atoms. The minimum Gasteiger partial charge on any atom is -0.492 e. The number of aromatic nitrogens is 2. The van der Waals surface area contributed by atoms with Crippen molar-refractivity contribution in [2.45, 2.75) is 18.9 Å². The fourth-order valence-electron chi connectivity index (χ4n) is 2.93. The summed E-state index contributed by atoms with van der Waals surface area (Å²) in [6, 6.07) is 7.25. The first kappa shape index (κ1) is 17.2. The topological polar surface area (TPSA) is 93.4 Å². The van der Waals surface area contributed by atoms with Gasteiger partial charge in [0.15, 0.2) is 0 Å². The predicted molar refractivity (Wildman–Crippen MR) is 95.7 cm³/mol. The zero-order valence-corrected chi connectivity index (χ0v) is 14.1. The summed E-state index contributed by atoms with van der Waals surface area (Å²) < 4.78 is 5.48. The highest BCUT2D eigenvalue weighted by Gasteiger charge is 2.23. The van der Waals surface area contributed by atoms with E-state index in [9.17, 15) is 4.79 Å². The maximum absolute atomic E-state index is 12.5. The van der Waals surface area contributed by atoms with E-state index in [1.807, 2.05) is 12.1 Å². The van der Waals surface area contributed by atoms with Crippen molar-refractivity contribution in [3.63, 3.8) is 0 Å². The highest BCUT2D eigenvalue weighted by Crippen LogP contribution is 2.18. The summed E-state index contributed by atoms with van der Waals surface area (Å²) in [5.41, 5.74) is 6.03. The minimum atomic E-state index is -0.0933. The molecule has 1 amide bonds. The summed E-state index contributed by atoms with van der Waals surface area (Å²) in [6.07, 6.45) is 7.05. The van der Waals surface area contributed by atoms with Gasteiger partial charge >= 0.3 is 0 Å². The SMILES string of the molecule is NCCOc1cccc(C(=O)N[C@@H]2CCCN(c3cnccn3)C2)c1. The van der Waals surface area contributed by atoms with E-state index in [1.165, 1.54) is 0 Å². The highest BCUT2D eigenvalue weighted by atomic mass is 16.5. The quantitative estimate of drug-likeness (QED) is 0.820. The molecule has 1 saturated heterocycles. The molecule has 1 aliphatic rings. The molecule has 3 rings (SSSR count). The van der Waals surface area contributed by atoms with E-state index < -0.39 is 0 Å². The van der Waals surface area contributed by atoms with Crippen LogP contribution < -0.4 is 20.7 Å². The Bertz CT molecular complexity index is 695. The monoisotopic (exact) mass is 341 g/mol. The number of amides is 1. The first-order valence-electron chi connectivity index (χ1n) is 8.51. The van der Waals surface area contributed by atoms with E-state index in [0.717, 1.165) is 31.7 Å². The van der Waals surface area contributed by atoms with Crippen molar-refractivity contribution in [1.29, 1.82) is 0 Å². The van der Waals surface area contributed by atoms with Gasteiger partial charge in [-0.25, -0.2) is 4.98 Å². The number of carbonyl (C=O) groups is 1. The van der Waals surface area contributed by atoms with Crippen LogP contribution >= 0.6 is 0 Å². The molecule has 7 heteroatoms. The highest BCUT2D eigenvalue weighted by molar-refractivity contribution is 5.94. The molecule has 0 bridgehead atoms.